The van der Waals surface area contributed by atoms with Crippen molar-refractivity contribution < 1.29 is 4.79 Å². The van der Waals surface area contributed by atoms with E-state index in [2.05, 4.69) is 25.8 Å². The average Bonchev–Trinajstić information content (AvgIpc) is 3.01. The summed E-state index contributed by atoms with van der Waals surface area (Å²) in [5, 5.41) is 0. The highest BCUT2D eigenvalue weighted by Crippen LogP contribution is 2.23. The Morgan fingerprint density at radius 2 is 1.95 bits per heavy atom. The van der Waals surface area contributed by atoms with Gasteiger partial charge in [0.15, 0.2) is 0 Å². The molecule has 0 bridgehead atoms. The normalized spacial score (nSPS) is 20.9. The number of hydrogen-bond acceptors (Lipinski definition) is 3. The number of pyridine rings is 1. The molecule has 3 heterocycles. The largest absolute Gasteiger partial charge is 0.339 e. The van der Waals surface area contributed by atoms with Gasteiger partial charge in [-0.3, -0.25) is 4.79 Å². The van der Waals surface area contributed by atoms with Crippen molar-refractivity contribution >= 4 is 21.8 Å². The molecule has 0 aliphatic carbocycles. The first kappa shape index (κ1) is 15.0. The molecule has 0 spiro atoms. The number of hydrogen-bond donors (Lipinski definition) is 0. The molecule has 2 aliphatic heterocycles. The molecular formula is C16H22BrN3O. The highest BCUT2D eigenvalue weighted by atomic mass is 79.9. The number of carbonyl (C=O) groups excluding carboxylic acids is 1. The van der Waals surface area contributed by atoms with E-state index in [9.17, 15) is 4.79 Å². The van der Waals surface area contributed by atoms with Crippen molar-refractivity contribution in [1.29, 1.82) is 0 Å². The number of rotatable bonds is 3. The van der Waals surface area contributed by atoms with Gasteiger partial charge in [-0.15, -0.1) is 0 Å². The van der Waals surface area contributed by atoms with Crippen LogP contribution in [-0.2, 0) is 0 Å². The van der Waals surface area contributed by atoms with Gasteiger partial charge in [-0.05, 0) is 72.8 Å². The quantitative estimate of drug-likeness (QED) is 0.785. The Labute approximate surface area is 134 Å². The predicted octanol–water partition coefficient (Wildman–Crippen LogP) is 2.79. The molecule has 2 saturated heterocycles. The van der Waals surface area contributed by atoms with Crippen LogP contribution in [0.4, 0.5) is 0 Å². The van der Waals surface area contributed by atoms with Gasteiger partial charge in [0.05, 0.1) is 5.56 Å². The van der Waals surface area contributed by atoms with Crippen LogP contribution in [0.25, 0.3) is 0 Å². The number of nitrogens with zero attached hydrogens (tertiary/aromatic N) is 3. The maximum atomic E-state index is 12.5. The highest BCUT2D eigenvalue weighted by Gasteiger charge is 2.26. The first-order chi connectivity index (χ1) is 10.2. The minimum atomic E-state index is 0.106. The van der Waals surface area contributed by atoms with Crippen LogP contribution in [-0.4, -0.2) is 53.4 Å². The van der Waals surface area contributed by atoms with E-state index in [-0.39, 0.29) is 5.91 Å². The van der Waals surface area contributed by atoms with E-state index in [0.717, 1.165) is 31.8 Å². The number of amides is 1. The molecule has 21 heavy (non-hydrogen) atoms. The van der Waals surface area contributed by atoms with Crippen molar-refractivity contribution in [3.63, 3.8) is 0 Å². The SMILES string of the molecule is O=C(c1cccnc1Br)N1CCC(CN2CCCC2)CC1. The molecule has 2 fully saturated rings. The van der Waals surface area contributed by atoms with Gasteiger partial charge >= 0.3 is 0 Å². The zero-order valence-electron chi connectivity index (χ0n) is 12.3. The Kier molecular flexibility index (Phi) is 4.91. The fourth-order valence-electron chi connectivity index (χ4n) is 3.36. The number of carbonyl (C=O) groups is 1. The lowest BCUT2D eigenvalue weighted by molar-refractivity contribution is 0.0671. The molecule has 114 valence electrons. The van der Waals surface area contributed by atoms with Gasteiger partial charge in [-0.1, -0.05) is 0 Å². The average molecular weight is 352 g/mol. The molecule has 0 radical (unpaired) electrons. The van der Waals surface area contributed by atoms with Gasteiger partial charge in [0, 0.05) is 25.8 Å². The first-order valence-corrected chi connectivity index (χ1v) is 8.65. The molecule has 5 heteroatoms. The van der Waals surface area contributed by atoms with Gasteiger partial charge in [0.2, 0.25) is 0 Å². The fourth-order valence-corrected chi connectivity index (χ4v) is 3.78. The van der Waals surface area contributed by atoms with Gasteiger partial charge in [-0.25, -0.2) is 4.98 Å². The molecule has 1 aromatic heterocycles. The lowest BCUT2D eigenvalue weighted by atomic mass is 9.96. The lowest BCUT2D eigenvalue weighted by Gasteiger charge is -2.34. The van der Waals surface area contributed by atoms with Crippen LogP contribution >= 0.6 is 15.9 Å². The van der Waals surface area contributed by atoms with Crippen molar-refractivity contribution in [2.45, 2.75) is 25.7 Å². The van der Waals surface area contributed by atoms with Crippen molar-refractivity contribution in [3.8, 4) is 0 Å². The number of aromatic nitrogens is 1. The zero-order chi connectivity index (χ0) is 14.7. The lowest BCUT2D eigenvalue weighted by Crippen LogP contribution is -2.41. The first-order valence-electron chi connectivity index (χ1n) is 7.86. The second-order valence-electron chi connectivity index (χ2n) is 6.09. The van der Waals surface area contributed by atoms with Crippen LogP contribution in [0.3, 0.4) is 0 Å². The third kappa shape index (κ3) is 3.64. The van der Waals surface area contributed by atoms with Gasteiger partial charge in [-0.2, -0.15) is 0 Å². The molecule has 1 aromatic rings. The fraction of sp³-hybridized carbons (Fsp3) is 0.625. The minimum absolute atomic E-state index is 0.106. The molecule has 1 amide bonds. The maximum absolute atomic E-state index is 12.5. The molecule has 4 nitrogen and oxygen atoms in total. The standard InChI is InChI=1S/C16H22BrN3O/c17-15-14(4-3-7-18-15)16(21)20-10-5-13(6-11-20)12-19-8-1-2-9-19/h3-4,7,13H,1-2,5-6,8-12H2. The van der Waals surface area contributed by atoms with E-state index in [4.69, 9.17) is 0 Å². The molecule has 0 N–H and O–H groups in total. The second-order valence-corrected chi connectivity index (χ2v) is 6.84. The van der Waals surface area contributed by atoms with Crippen molar-refractivity contribution in [3.05, 3.63) is 28.5 Å². The molecule has 2 aliphatic rings. The Morgan fingerprint density at radius 1 is 1.24 bits per heavy atom. The van der Waals surface area contributed by atoms with Crippen LogP contribution in [0.1, 0.15) is 36.0 Å². The van der Waals surface area contributed by atoms with E-state index < -0.39 is 0 Å². The topological polar surface area (TPSA) is 36.4 Å². The van der Waals surface area contributed by atoms with E-state index in [0.29, 0.717) is 10.2 Å². The molecule has 0 saturated carbocycles. The summed E-state index contributed by atoms with van der Waals surface area (Å²) in [6.07, 6.45) is 6.65. The summed E-state index contributed by atoms with van der Waals surface area (Å²) in [6, 6.07) is 3.66. The molecule has 0 aromatic carbocycles. The van der Waals surface area contributed by atoms with E-state index in [1.165, 1.54) is 32.5 Å². The summed E-state index contributed by atoms with van der Waals surface area (Å²) in [5.74, 6) is 0.860. The van der Waals surface area contributed by atoms with Crippen molar-refractivity contribution in [1.82, 2.24) is 14.8 Å². The summed E-state index contributed by atoms with van der Waals surface area (Å²) >= 11 is 3.37. The van der Waals surface area contributed by atoms with Crippen LogP contribution in [0.5, 0.6) is 0 Å². The van der Waals surface area contributed by atoms with Gasteiger partial charge in [0.1, 0.15) is 4.60 Å². The third-order valence-electron chi connectivity index (χ3n) is 4.61. The molecule has 3 rings (SSSR count). The number of halogens is 1. The summed E-state index contributed by atoms with van der Waals surface area (Å²) in [7, 11) is 0. The summed E-state index contributed by atoms with van der Waals surface area (Å²) in [4.78, 5) is 21.2. The summed E-state index contributed by atoms with van der Waals surface area (Å²) in [5.41, 5.74) is 0.676. The molecule has 0 unspecified atom stereocenters. The predicted molar refractivity (Wildman–Crippen MR) is 86.2 cm³/mol. The molecular weight excluding hydrogens is 330 g/mol. The molecule has 0 atom stereocenters. The maximum Gasteiger partial charge on any atom is 0.256 e. The van der Waals surface area contributed by atoms with Crippen LogP contribution in [0, 0.1) is 5.92 Å². The van der Waals surface area contributed by atoms with Crippen LogP contribution in [0.2, 0.25) is 0 Å². The smallest absolute Gasteiger partial charge is 0.256 e. The minimum Gasteiger partial charge on any atom is -0.339 e. The van der Waals surface area contributed by atoms with E-state index in [1.54, 1.807) is 6.20 Å². The van der Waals surface area contributed by atoms with Crippen LogP contribution in [0.15, 0.2) is 22.9 Å². The number of likely N-dealkylation sites (tertiary alicyclic amines) is 2. The Bertz CT molecular complexity index is 494. The van der Waals surface area contributed by atoms with Crippen LogP contribution < -0.4 is 0 Å². The van der Waals surface area contributed by atoms with Gasteiger partial charge < -0.3 is 9.80 Å². The third-order valence-corrected chi connectivity index (χ3v) is 5.24. The van der Waals surface area contributed by atoms with E-state index in [1.807, 2.05) is 17.0 Å². The Morgan fingerprint density at radius 3 is 2.62 bits per heavy atom. The Balaban J connectivity index is 1.53. The second kappa shape index (κ2) is 6.88. The van der Waals surface area contributed by atoms with Crippen molar-refractivity contribution in [2.24, 2.45) is 5.92 Å². The highest BCUT2D eigenvalue weighted by molar-refractivity contribution is 9.10. The monoisotopic (exact) mass is 351 g/mol. The Hall–Kier alpha value is -0.940. The number of piperidine rings is 1. The van der Waals surface area contributed by atoms with Gasteiger partial charge in [0.25, 0.3) is 5.91 Å². The summed E-state index contributed by atoms with van der Waals surface area (Å²) < 4.78 is 0.647. The van der Waals surface area contributed by atoms with Crippen molar-refractivity contribution in [2.75, 3.05) is 32.7 Å². The summed E-state index contributed by atoms with van der Waals surface area (Å²) in [6.45, 7) is 5.50. The van der Waals surface area contributed by atoms with E-state index >= 15 is 0 Å². The zero-order valence-corrected chi connectivity index (χ0v) is 13.9.